The van der Waals surface area contributed by atoms with Crippen molar-refractivity contribution in [3.8, 4) is 0 Å². The van der Waals surface area contributed by atoms with Gasteiger partial charge in [0.05, 0.1) is 12.2 Å². The molecule has 2 rings (SSSR count). The maximum atomic E-state index is 11.6. The topological polar surface area (TPSA) is 60.1 Å². The molecule has 0 bridgehead atoms. The van der Waals surface area contributed by atoms with Gasteiger partial charge in [0.25, 0.3) is 5.56 Å². The molecular formula is C11H13N3O2S. The van der Waals surface area contributed by atoms with Crippen molar-refractivity contribution >= 4 is 12.6 Å². The number of nitrogens with one attached hydrogen (secondary N) is 1. The SMILES string of the molecule is Cc1noc(C)c1CNn1ccc(S)cc1=O. The van der Waals surface area contributed by atoms with Gasteiger partial charge >= 0.3 is 0 Å². The summed E-state index contributed by atoms with van der Waals surface area (Å²) in [4.78, 5) is 12.2. The normalized spacial score (nSPS) is 10.5. The number of hydrogen-bond acceptors (Lipinski definition) is 5. The van der Waals surface area contributed by atoms with Crippen LogP contribution in [0.1, 0.15) is 17.0 Å². The fourth-order valence-corrected chi connectivity index (χ4v) is 1.69. The molecule has 0 saturated heterocycles. The minimum absolute atomic E-state index is 0.149. The minimum Gasteiger partial charge on any atom is -0.361 e. The highest BCUT2D eigenvalue weighted by Crippen LogP contribution is 2.11. The summed E-state index contributed by atoms with van der Waals surface area (Å²) in [6.07, 6.45) is 1.64. The van der Waals surface area contributed by atoms with Crippen molar-refractivity contribution in [2.24, 2.45) is 0 Å². The molecule has 2 aromatic rings. The van der Waals surface area contributed by atoms with E-state index in [1.165, 1.54) is 10.7 Å². The molecule has 0 saturated carbocycles. The fraction of sp³-hybridized carbons (Fsp3) is 0.273. The van der Waals surface area contributed by atoms with Crippen molar-refractivity contribution in [1.82, 2.24) is 9.83 Å². The number of aryl methyl sites for hydroxylation is 2. The van der Waals surface area contributed by atoms with E-state index in [2.05, 4.69) is 23.2 Å². The Balaban J connectivity index is 2.15. The molecule has 6 heteroatoms. The van der Waals surface area contributed by atoms with Gasteiger partial charge in [-0.15, -0.1) is 12.6 Å². The van der Waals surface area contributed by atoms with Gasteiger partial charge < -0.3 is 9.95 Å². The average molecular weight is 251 g/mol. The monoisotopic (exact) mass is 251 g/mol. The second-order valence-corrected chi connectivity index (χ2v) is 4.25. The summed E-state index contributed by atoms with van der Waals surface area (Å²) in [6, 6.07) is 3.19. The Bertz CT molecular complexity index is 569. The maximum absolute atomic E-state index is 11.6. The predicted octanol–water partition coefficient (Wildman–Crippen LogP) is 1.49. The maximum Gasteiger partial charge on any atom is 0.269 e. The molecule has 0 aliphatic heterocycles. The van der Waals surface area contributed by atoms with E-state index in [4.69, 9.17) is 4.52 Å². The standard InChI is InChI=1S/C11H13N3O2S/c1-7-10(8(2)16-13-7)6-12-14-4-3-9(17)5-11(14)15/h3-5,12,17H,6H2,1-2H3. The zero-order chi connectivity index (χ0) is 12.4. The van der Waals surface area contributed by atoms with Crippen LogP contribution < -0.4 is 11.0 Å². The van der Waals surface area contributed by atoms with Crippen molar-refractivity contribution < 1.29 is 4.52 Å². The smallest absolute Gasteiger partial charge is 0.269 e. The van der Waals surface area contributed by atoms with E-state index >= 15 is 0 Å². The number of pyridine rings is 1. The summed E-state index contributed by atoms with van der Waals surface area (Å²) < 4.78 is 6.45. The largest absolute Gasteiger partial charge is 0.361 e. The molecule has 0 amide bonds. The van der Waals surface area contributed by atoms with Crippen LogP contribution in [0.15, 0.2) is 32.5 Å². The second-order valence-electron chi connectivity index (χ2n) is 3.73. The Hall–Kier alpha value is -1.69. The quantitative estimate of drug-likeness (QED) is 0.811. The fourth-order valence-electron chi connectivity index (χ4n) is 1.52. The summed E-state index contributed by atoms with van der Waals surface area (Å²) in [6.45, 7) is 4.21. The van der Waals surface area contributed by atoms with Gasteiger partial charge in [-0.25, -0.2) is 4.68 Å². The number of hydrogen-bond donors (Lipinski definition) is 2. The molecule has 0 unspecified atom stereocenters. The third-order valence-corrected chi connectivity index (χ3v) is 2.79. The Morgan fingerprint density at radius 3 is 2.88 bits per heavy atom. The first-order chi connectivity index (χ1) is 8.08. The summed E-state index contributed by atoms with van der Waals surface area (Å²) in [5.41, 5.74) is 4.64. The average Bonchev–Trinajstić information content (AvgIpc) is 2.58. The van der Waals surface area contributed by atoms with Crippen molar-refractivity contribution in [2.45, 2.75) is 25.3 Å². The molecule has 5 nitrogen and oxygen atoms in total. The molecule has 2 aromatic heterocycles. The van der Waals surface area contributed by atoms with Crippen LogP contribution in [0.2, 0.25) is 0 Å². The van der Waals surface area contributed by atoms with Gasteiger partial charge in [0.1, 0.15) is 5.76 Å². The van der Waals surface area contributed by atoms with Gasteiger partial charge in [0, 0.05) is 22.7 Å². The zero-order valence-electron chi connectivity index (χ0n) is 9.60. The lowest BCUT2D eigenvalue weighted by Crippen LogP contribution is -2.27. The highest BCUT2D eigenvalue weighted by Gasteiger charge is 2.08. The van der Waals surface area contributed by atoms with Crippen LogP contribution >= 0.6 is 12.6 Å². The molecule has 0 aliphatic rings. The van der Waals surface area contributed by atoms with Crippen LogP contribution in [0.3, 0.4) is 0 Å². The molecule has 2 heterocycles. The van der Waals surface area contributed by atoms with E-state index in [9.17, 15) is 4.79 Å². The summed E-state index contributed by atoms with van der Waals surface area (Å²) >= 11 is 4.10. The number of aromatic nitrogens is 2. The van der Waals surface area contributed by atoms with E-state index < -0.39 is 0 Å². The number of thiol groups is 1. The number of nitrogens with zero attached hydrogens (tertiary/aromatic N) is 2. The van der Waals surface area contributed by atoms with Crippen LogP contribution in [0.25, 0.3) is 0 Å². The highest BCUT2D eigenvalue weighted by molar-refractivity contribution is 7.80. The Kier molecular flexibility index (Phi) is 3.23. The van der Waals surface area contributed by atoms with Crippen molar-refractivity contribution in [1.29, 1.82) is 0 Å². The summed E-state index contributed by atoms with van der Waals surface area (Å²) in [5.74, 6) is 0.758. The van der Waals surface area contributed by atoms with E-state index in [1.54, 1.807) is 12.3 Å². The van der Waals surface area contributed by atoms with Gasteiger partial charge in [-0.1, -0.05) is 5.16 Å². The Labute approximate surface area is 104 Å². The number of rotatable bonds is 3. The molecule has 0 atom stereocenters. The molecule has 90 valence electrons. The van der Waals surface area contributed by atoms with Gasteiger partial charge in [-0.3, -0.25) is 4.79 Å². The van der Waals surface area contributed by atoms with Gasteiger partial charge in [0.2, 0.25) is 0 Å². The third kappa shape index (κ3) is 2.52. The van der Waals surface area contributed by atoms with Crippen LogP contribution in [-0.4, -0.2) is 9.83 Å². The van der Waals surface area contributed by atoms with Crippen molar-refractivity contribution in [3.63, 3.8) is 0 Å². The van der Waals surface area contributed by atoms with E-state index in [-0.39, 0.29) is 5.56 Å². The molecule has 0 spiro atoms. The molecule has 17 heavy (non-hydrogen) atoms. The first-order valence-electron chi connectivity index (χ1n) is 5.15. The molecule has 0 fully saturated rings. The molecule has 1 N–H and O–H groups in total. The second kappa shape index (κ2) is 4.67. The van der Waals surface area contributed by atoms with Crippen molar-refractivity contribution in [3.05, 3.63) is 45.7 Å². The van der Waals surface area contributed by atoms with Crippen LogP contribution in [-0.2, 0) is 6.54 Å². The predicted molar refractivity (Wildman–Crippen MR) is 67.0 cm³/mol. The molecule has 0 aliphatic carbocycles. The summed E-state index contributed by atoms with van der Waals surface area (Å²) in [7, 11) is 0. The van der Waals surface area contributed by atoms with Gasteiger partial charge in [-0.05, 0) is 19.9 Å². The minimum atomic E-state index is -0.149. The molecule has 0 aromatic carbocycles. The van der Waals surface area contributed by atoms with E-state index in [0.29, 0.717) is 11.4 Å². The van der Waals surface area contributed by atoms with Gasteiger partial charge in [0.15, 0.2) is 0 Å². The van der Waals surface area contributed by atoms with Crippen LogP contribution in [0.4, 0.5) is 0 Å². The Morgan fingerprint density at radius 2 is 2.29 bits per heavy atom. The van der Waals surface area contributed by atoms with Gasteiger partial charge in [-0.2, -0.15) is 0 Å². The first kappa shape index (κ1) is 11.8. The van der Waals surface area contributed by atoms with E-state index in [1.807, 2.05) is 13.8 Å². The third-order valence-electron chi connectivity index (χ3n) is 2.51. The Morgan fingerprint density at radius 1 is 1.53 bits per heavy atom. The lowest BCUT2D eigenvalue weighted by molar-refractivity contribution is 0.392. The molecular weight excluding hydrogens is 238 g/mol. The van der Waals surface area contributed by atoms with Crippen molar-refractivity contribution in [2.75, 3.05) is 5.43 Å². The summed E-state index contributed by atoms with van der Waals surface area (Å²) in [5, 5.41) is 3.85. The lowest BCUT2D eigenvalue weighted by atomic mass is 10.2. The molecule has 0 radical (unpaired) electrons. The first-order valence-corrected chi connectivity index (χ1v) is 5.60. The van der Waals surface area contributed by atoms with Crippen LogP contribution in [0, 0.1) is 13.8 Å². The highest BCUT2D eigenvalue weighted by atomic mass is 32.1. The van der Waals surface area contributed by atoms with Crippen LogP contribution in [0.5, 0.6) is 0 Å². The zero-order valence-corrected chi connectivity index (χ0v) is 10.5. The van der Waals surface area contributed by atoms with E-state index in [0.717, 1.165) is 17.0 Å². The lowest BCUT2D eigenvalue weighted by Gasteiger charge is -2.08.